The number of ether oxygens (including phenoxy) is 1. The number of nitrogens with zero attached hydrogens (tertiary/aromatic N) is 1. The highest BCUT2D eigenvalue weighted by Gasteiger charge is 2.21. The van der Waals surface area contributed by atoms with Crippen LogP contribution in [0.3, 0.4) is 0 Å². The number of carbonyl (C=O) groups is 1. The molecule has 0 spiro atoms. The Kier molecular flexibility index (Phi) is 3.83. The molecular weight excluding hydrogens is 192 g/mol. The summed E-state index contributed by atoms with van der Waals surface area (Å²) in [6.45, 7) is 3.34. The van der Waals surface area contributed by atoms with E-state index in [4.69, 9.17) is 4.74 Å². The van der Waals surface area contributed by atoms with E-state index in [1.165, 1.54) is 12.8 Å². The van der Waals surface area contributed by atoms with E-state index in [0.29, 0.717) is 12.6 Å². The van der Waals surface area contributed by atoms with Crippen molar-refractivity contribution >= 4 is 6.09 Å². The molecule has 15 heavy (non-hydrogen) atoms. The summed E-state index contributed by atoms with van der Waals surface area (Å²) in [5, 5.41) is 3.37. The number of rotatable bonds is 2. The first kappa shape index (κ1) is 10.7. The summed E-state index contributed by atoms with van der Waals surface area (Å²) in [4.78, 5) is 13.4. The van der Waals surface area contributed by atoms with E-state index in [2.05, 4.69) is 5.32 Å². The van der Waals surface area contributed by atoms with Crippen molar-refractivity contribution in [1.82, 2.24) is 10.2 Å². The fourth-order valence-corrected chi connectivity index (χ4v) is 2.23. The summed E-state index contributed by atoms with van der Waals surface area (Å²) >= 11 is 0. The molecule has 1 amide bonds. The van der Waals surface area contributed by atoms with E-state index >= 15 is 0 Å². The fourth-order valence-electron chi connectivity index (χ4n) is 2.23. The normalized spacial score (nSPS) is 26.7. The SMILES string of the molecule is O=C(OCC1CCCCN1)N1CCCC1. The van der Waals surface area contributed by atoms with Crippen LogP contribution in [-0.2, 0) is 4.74 Å². The van der Waals surface area contributed by atoms with Crippen LogP contribution in [0.15, 0.2) is 0 Å². The quantitative estimate of drug-likeness (QED) is 0.751. The maximum Gasteiger partial charge on any atom is 0.409 e. The zero-order valence-corrected chi connectivity index (χ0v) is 9.21. The Balaban J connectivity index is 1.65. The van der Waals surface area contributed by atoms with Gasteiger partial charge in [-0.3, -0.25) is 0 Å². The fraction of sp³-hybridized carbons (Fsp3) is 0.909. The maximum absolute atomic E-state index is 11.6. The van der Waals surface area contributed by atoms with Crippen LogP contribution in [0.5, 0.6) is 0 Å². The third-order valence-electron chi connectivity index (χ3n) is 3.18. The molecule has 0 aromatic heterocycles. The van der Waals surface area contributed by atoms with Crippen LogP contribution >= 0.6 is 0 Å². The minimum absolute atomic E-state index is 0.125. The van der Waals surface area contributed by atoms with Gasteiger partial charge in [-0.05, 0) is 32.2 Å². The molecule has 4 nitrogen and oxygen atoms in total. The number of carbonyl (C=O) groups excluding carboxylic acids is 1. The Bertz CT molecular complexity index is 209. The Morgan fingerprint density at radius 2 is 2.07 bits per heavy atom. The van der Waals surface area contributed by atoms with Crippen molar-refractivity contribution in [3.05, 3.63) is 0 Å². The predicted octanol–water partition coefficient (Wildman–Crippen LogP) is 1.36. The van der Waals surface area contributed by atoms with Gasteiger partial charge < -0.3 is 15.0 Å². The molecule has 0 aromatic rings. The average Bonchev–Trinajstić information content (AvgIpc) is 2.81. The minimum Gasteiger partial charge on any atom is -0.448 e. The summed E-state index contributed by atoms with van der Waals surface area (Å²) in [5.41, 5.74) is 0. The van der Waals surface area contributed by atoms with Gasteiger partial charge in [-0.2, -0.15) is 0 Å². The van der Waals surface area contributed by atoms with Crippen LogP contribution in [-0.4, -0.2) is 43.3 Å². The van der Waals surface area contributed by atoms with Crippen LogP contribution in [0.4, 0.5) is 4.79 Å². The van der Waals surface area contributed by atoms with Crippen molar-refractivity contribution in [2.45, 2.75) is 38.1 Å². The zero-order chi connectivity index (χ0) is 10.5. The smallest absolute Gasteiger partial charge is 0.409 e. The molecule has 2 aliphatic heterocycles. The number of hydrogen-bond acceptors (Lipinski definition) is 3. The van der Waals surface area contributed by atoms with Gasteiger partial charge >= 0.3 is 6.09 Å². The summed E-state index contributed by atoms with van der Waals surface area (Å²) < 4.78 is 5.29. The van der Waals surface area contributed by atoms with Gasteiger partial charge in [-0.15, -0.1) is 0 Å². The van der Waals surface area contributed by atoms with Gasteiger partial charge in [0.05, 0.1) is 0 Å². The number of likely N-dealkylation sites (tertiary alicyclic amines) is 1. The topological polar surface area (TPSA) is 41.6 Å². The summed E-state index contributed by atoms with van der Waals surface area (Å²) in [7, 11) is 0. The predicted molar refractivity (Wildman–Crippen MR) is 57.8 cm³/mol. The lowest BCUT2D eigenvalue weighted by Crippen LogP contribution is -2.40. The molecule has 1 unspecified atom stereocenters. The molecule has 2 fully saturated rings. The number of piperidine rings is 1. The summed E-state index contributed by atoms with van der Waals surface area (Å²) in [6, 6.07) is 0.380. The molecule has 1 N–H and O–H groups in total. The highest BCUT2D eigenvalue weighted by atomic mass is 16.6. The Morgan fingerprint density at radius 1 is 1.27 bits per heavy atom. The molecule has 0 bridgehead atoms. The van der Waals surface area contributed by atoms with E-state index in [1.54, 1.807) is 0 Å². The summed E-state index contributed by atoms with van der Waals surface area (Å²) in [5.74, 6) is 0. The van der Waals surface area contributed by atoms with E-state index in [-0.39, 0.29) is 6.09 Å². The summed E-state index contributed by atoms with van der Waals surface area (Å²) in [6.07, 6.45) is 5.75. The second-order valence-electron chi connectivity index (χ2n) is 4.42. The van der Waals surface area contributed by atoms with Gasteiger partial charge in [-0.25, -0.2) is 4.79 Å². The second-order valence-corrected chi connectivity index (χ2v) is 4.42. The van der Waals surface area contributed by atoms with Crippen molar-refractivity contribution in [2.24, 2.45) is 0 Å². The Labute approximate surface area is 91.0 Å². The van der Waals surface area contributed by atoms with E-state index < -0.39 is 0 Å². The van der Waals surface area contributed by atoms with Crippen LogP contribution < -0.4 is 5.32 Å². The minimum atomic E-state index is -0.125. The molecule has 2 saturated heterocycles. The van der Waals surface area contributed by atoms with E-state index in [1.807, 2.05) is 4.90 Å². The van der Waals surface area contributed by atoms with E-state index in [9.17, 15) is 4.79 Å². The molecule has 2 rings (SSSR count). The van der Waals surface area contributed by atoms with Crippen LogP contribution in [0.25, 0.3) is 0 Å². The highest BCUT2D eigenvalue weighted by Crippen LogP contribution is 2.11. The lowest BCUT2D eigenvalue weighted by molar-refractivity contribution is 0.0964. The van der Waals surface area contributed by atoms with Crippen LogP contribution in [0.2, 0.25) is 0 Å². The van der Waals surface area contributed by atoms with Gasteiger partial charge in [0.15, 0.2) is 0 Å². The Morgan fingerprint density at radius 3 is 2.73 bits per heavy atom. The van der Waals surface area contributed by atoms with Gasteiger partial charge in [0.25, 0.3) is 0 Å². The molecule has 4 heteroatoms. The van der Waals surface area contributed by atoms with Crippen LogP contribution in [0.1, 0.15) is 32.1 Å². The van der Waals surface area contributed by atoms with Crippen molar-refractivity contribution in [3.8, 4) is 0 Å². The molecular formula is C11H20N2O2. The molecule has 2 aliphatic rings. The highest BCUT2D eigenvalue weighted by molar-refractivity contribution is 5.67. The molecule has 0 saturated carbocycles. The second kappa shape index (κ2) is 5.35. The van der Waals surface area contributed by atoms with Gasteiger partial charge in [-0.1, -0.05) is 6.42 Å². The maximum atomic E-state index is 11.6. The monoisotopic (exact) mass is 212 g/mol. The van der Waals surface area contributed by atoms with Crippen LogP contribution in [0, 0.1) is 0 Å². The van der Waals surface area contributed by atoms with Gasteiger partial charge in [0, 0.05) is 19.1 Å². The third kappa shape index (κ3) is 3.09. The number of hydrogen-bond donors (Lipinski definition) is 1. The van der Waals surface area contributed by atoms with Gasteiger partial charge in [0.2, 0.25) is 0 Å². The zero-order valence-electron chi connectivity index (χ0n) is 9.21. The van der Waals surface area contributed by atoms with Crippen molar-refractivity contribution in [1.29, 1.82) is 0 Å². The Hall–Kier alpha value is -0.770. The van der Waals surface area contributed by atoms with Crippen molar-refractivity contribution < 1.29 is 9.53 Å². The largest absolute Gasteiger partial charge is 0.448 e. The van der Waals surface area contributed by atoms with Crippen molar-refractivity contribution in [2.75, 3.05) is 26.2 Å². The van der Waals surface area contributed by atoms with Crippen molar-refractivity contribution in [3.63, 3.8) is 0 Å². The molecule has 0 aromatic carbocycles. The average molecular weight is 212 g/mol. The molecule has 86 valence electrons. The lowest BCUT2D eigenvalue weighted by atomic mass is 10.1. The third-order valence-corrected chi connectivity index (χ3v) is 3.18. The molecule has 1 atom stereocenters. The lowest BCUT2D eigenvalue weighted by Gasteiger charge is -2.24. The first-order chi connectivity index (χ1) is 7.36. The number of nitrogens with one attached hydrogen (secondary N) is 1. The standard InChI is InChI=1S/C11H20N2O2/c14-11(13-7-3-4-8-13)15-9-10-5-1-2-6-12-10/h10,12H,1-9H2. The van der Waals surface area contributed by atoms with Gasteiger partial charge in [0.1, 0.15) is 6.61 Å². The molecule has 2 heterocycles. The van der Waals surface area contributed by atoms with E-state index in [0.717, 1.165) is 38.9 Å². The molecule has 0 radical (unpaired) electrons. The number of amides is 1. The first-order valence-electron chi connectivity index (χ1n) is 6.01. The first-order valence-corrected chi connectivity index (χ1v) is 6.01. The molecule has 0 aliphatic carbocycles.